The first-order valence-electron chi connectivity index (χ1n) is 5.67. The number of rotatable bonds is 3. The van der Waals surface area contributed by atoms with Crippen molar-refractivity contribution in [1.82, 2.24) is 15.2 Å². The van der Waals surface area contributed by atoms with Crippen molar-refractivity contribution in [2.24, 2.45) is 0 Å². The minimum absolute atomic E-state index is 0.473. The molecule has 96 valence electrons. The Bertz CT molecular complexity index is 705. The zero-order valence-corrected chi connectivity index (χ0v) is 12.1. The monoisotopic (exact) mass is 289 g/mol. The van der Waals surface area contributed by atoms with E-state index >= 15 is 0 Å². The second-order valence-electron chi connectivity index (χ2n) is 3.93. The van der Waals surface area contributed by atoms with Gasteiger partial charge in [-0.05, 0) is 18.7 Å². The highest BCUT2D eigenvalue weighted by Gasteiger charge is 2.13. The molecule has 2 aromatic heterocycles. The summed E-state index contributed by atoms with van der Waals surface area (Å²) in [6, 6.07) is 8.19. The lowest BCUT2D eigenvalue weighted by molar-refractivity contribution is 0.465. The summed E-state index contributed by atoms with van der Waals surface area (Å²) in [4.78, 5) is 4.57. The maximum atomic E-state index is 5.48. The van der Waals surface area contributed by atoms with Gasteiger partial charge in [0.2, 0.25) is 0 Å². The van der Waals surface area contributed by atoms with Crippen LogP contribution in [0.1, 0.15) is 5.56 Å². The number of thioether (sulfide) groups is 1. The van der Waals surface area contributed by atoms with E-state index in [4.69, 9.17) is 4.42 Å². The Hall–Kier alpha value is -1.66. The maximum absolute atomic E-state index is 5.48. The zero-order valence-electron chi connectivity index (χ0n) is 10.5. The molecule has 3 rings (SSSR count). The van der Waals surface area contributed by atoms with Crippen LogP contribution >= 0.6 is 23.1 Å². The molecule has 19 heavy (non-hydrogen) atoms. The Morgan fingerprint density at radius 2 is 2.05 bits per heavy atom. The standard InChI is InChI=1S/C13H11N3OS2/c1-8-5-3-4-6-9(8)12-14-10(7-19-12)11-15-16-13(17-11)18-2/h3-7H,1-2H3. The van der Waals surface area contributed by atoms with Crippen LogP contribution in [0.2, 0.25) is 0 Å². The third kappa shape index (κ3) is 2.41. The molecule has 0 aliphatic carbocycles. The summed E-state index contributed by atoms with van der Waals surface area (Å²) in [5.41, 5.74) is 3.08. The molecule has 0 atom stereocenters. The first-order valence-corrected chi connectivity index (χ1v) is 7.78. The Morgan fingerprint density at radius 1 is 1.21 bits per heavy atom. The number of benzene rings is 1. The molecule has 0 aliphatic heterocycles. The molecule has 0 unspecified atom stereocenters. The van der Waals surface area contributed by atoms with E-state index in [1.54, 1.807) is 11.3 Å². The van der Waals surface area contributed by atoms with Crippen molar-refractivity contribution in [3.8, 4) is 22.2 Å². The second kappa shape index (κ2) is 5.14. The van der Waals surface area contributed by atoms with Crippen molar-refractivity contribution < 1.29 is 4.42 Å². The van der Waals surface area contributed by atoms with E-state index in [1.165, 1.54) is 17.3 Å². The maximum Gasteiger partial charge on any atom is 0.276 e. The highest BCUT2D eigenvalue weighted by atomic mass is 32.2. The van der Waals surface area contributed by atoms with Crippen molar-refractivity contribution in [3.05, 3.63) is 35.2 Å². The number of hydrogen-bond donors (Lipinski definition) is 0. The van der Waals surface area contributed by atoms with Crippen molar-refractivity contribution >= 4 is 23.1 Å². The molecule has 3 aromatic rings. The van der Waals surface area contributed by atoms with E-state index in [1.807, 2.05) is 23.8 Å². The summed E-state index contributed by atoms with van der Waals surface area (Å²) in [6.45, 7) is 2.08. The summed E-state index contributed by atoms with van der Waals surface area (Å²) in [5, 5.41) is 11.4. The molecule has 0 saturated heterocycles. The van der Waals surface area contributed by atoms with E-state index < -0.39 is 0 Å². The summed E-state index contributed by atoms with van der Waals surface area (Å²) < 4.78 is 5.48. The van der Waals surface area contributed by atoms with Crippen molar-refractivity contribution in [1.29, 1.82) is 0 Å². The normalized spacial score (nSPS) is 10.8. The summed E-state index contributed by atoms with van der Waals surface area (Å²) >= 11 is 3.01. The lowest BCUT2D eigenvalue weighted by Gasteiger charge is -1.99. The van der Waals surface area contributed by atoms with E-state index in [9.17, 15) is 0 Å². The quantitative estimate of drug-likeness (QED) is 0.685. The van der Waals surface area contributed by atoms with Crippen LogP contribution in [0, 0.1) is 6.92 Å². The highest BCUT2D eigenvalue weighted by molar-refractivity contribution is 7.98. The van der Waals surface area contributed by atoms with Crippen molar-refractivity contribution in [3.63, 3.8) is 0 Å². The van der Waals surface area contributed by atoms with Gasteiger partial charge in [0, 0.05) is 10.9 Å². The molecule has 0 radical (unpaired) electrons. The smallest absolute Gasteiger partial charge is 0.276 e. The third-order valence-corrected chi connectivity index (χ3v) is 4.07. The lowest BCUT2D eigenvalue weighted by Crippen LogP contribution is -1.82. The van der Waals surface area contributed by atoms with Gasteiger partial charge in [-0.1, -0.05) is 36.0 Å². The number of aromatic nitrogens is 3. The zero-order chi connectivity index (χ0) is 13.2. The topological polar surface area (TPSA) is 51.8 Å². The molecule has 4 nitrogen and oxygen atoms in total. The third-order valence-electron chi connectivity index (χ3n) is 2.68. The first-order chi connectivity index (χ1) is 9.28. The van der Waals surface area contributed by atoms with Gasteiger partial charge in [-0.3, -0.25) is 0 Å². The number of aryl methyl sites for hydroxylation is 1. The lowest BCUT2D eigenvalue weighted by atomic mass is 10.1. The molecule has 0 N–H and O–H groups in total. The molecule has 2 heterocycles. The van der Waals surface area contributed by atoms with Crippen LogP contribution in [0.4, 0.5) is 0 Å². The minimum Gasteiger partial charge on any atom is -0.410 e. The van der Waals surface area contributed by atoms with Gasteiger partial charge < -0.3 is 4.42 Å². The van der Waals surface area contributed by atoms with Gasteiger partial charge in [0.05, 0.1) is 0 Å². The van der Waals surface area contributed by atoms with Crippen LogP contribution in [0.15, 0.2) is 39.3 Å². The van der Waals surface area contributed by atoms with Gasteiger partial charge in [-0.15, -0.1) is 21.5 Å². The van der Waals surface area contributed by atoms with Crippen LogP contribution in [0.3, 0.4) is 0 Å². The summed E-state index contributed by atoms with van der Waals surface area (Å²) in [7, 11) is 0. The largest absolute Gasteiger partial charge is 0.410 e. The van der Waals surface area contributed by atoms with Crippen LogP contribution < -0.4 is 0 Å². The SMILES string of the molecule is CSc1nnc(-c2csc(-c3ccccc3C)n2)o1. The van der Waals surface area contributed by atoms with Crippen LogP contribution in [0.25, 0.3) is 22.2 Å². The number of nitrogens with zero attached hydrogens (tertiary/aromatic N) is 3. The fourth-order valence-corrected chi connectivity index (χ4v) is 2.87. The van der Waals surface area contributed by atoms with E-state index in [0.717, 1.165) is 16.3 Å². The number of thiazole rings is 1. The fourth-order valence-electron chi connectivity index (χ4n) is 1.70. The van der Waals surface area contributed by atoms with Crippen molar-refractivity contribution in [2.45, 2.75) is 12.1 Å². The van der Waals surface area contributed by atoms with Crippen LogP contribution in [-0.2, 0) is 0 Å². The molecule has 6 heteroatoms. The van der Waals surface area contributed by atoms with Gasteiger partial charge in [0.15, 0.2) is 0 Å². The predicted octanol–water partition coefficient (Wildman–Crippen LogP) is 3.89. The van der Waals surface area contributed by atoms with Gasteiger partial charge in [0.1, 0.15) is 10.7 Å². The first kappa shape index (κ1) is 12.4. The Kier molecular flexibility index (Phi) is 3.35. The Labute approximate surface area is 118 Å². The summed E-state index contributed by atoms with van der Waals surface area (Å²) in [5.74, 6) is 0.473. The van der Waals surface area contributed by atoms with Crippen molar-refractivity contribution in [2.75, 3.05) is 6.26 Å². The van der Waals surface area contributed by atoms with Gasteiger partial charge in [0.25, 0.3) is 11.1 Å². The van der Waals surface area contributed by atoms with Crippen LogP contribution in [-0.4, -0.2) is 21.4 Å². The molecule has 0 aliphatic rings. The fraction of sp³-hybridized carbons (Fsp3) is 0.154. The number of hydrogen-bond acceptors (Lipinski definition) is 6. The second-order valence-corrected chi connectivity index (χ2v) is 5.55. The molecule has 0 amide bonds. The molecule has 0 saturated carbocycles. The van der Waals surface area contributed by atoms with Gasteiger partial charge in [-0.2, -0.15) is 0 Å². The molecule has 0 fully saturated rings. The molecule has 0 bridgehead atoms. The van der Waals surface area contributed by atoms with Gasteiger partial charge >= 0.3 is 0 Å². The Balaban J connectivity index is 1.97. The minimum atomic E-state index is 0.473. The van der Waals surface area contributed by atoms with E-state index in [2.05, 4.69) is 34.2 Å². The Morgan fingerprint density at radius 3 is 2.79 bits per heavy atom. The van der Waals surface area contributed by atoms with Gasteiger partial charge in [-0.25, -0.2) is 4.98 Å². The molecular weight excluding hydrogens is 278 g/mol. The summed E-state index contributed by atoms with van der Waals surface area (Å²) in [6.07, 6.45) is 1.90. The average molecular weight is 289 g/mol. The highest BCUT2D eigenvalue weighted by Crippen LogP contribution is 2.30. The molecule has 1 aromatic carbocycles. The predicted molar refractivity (Wildman–Crippen MR) is 77.4 cm³/mol. The molecular formula is C13H11N3OS2. The van der Waals surface area contributed by atoms with E-state index in [-0.39, 0.29) is 0 Å². The van der Waals surface area contributed by atoms with E-state index in [0.29, 0.717) is 11.1 Å². The van der Waals surface area contributed by atoms with Crippen LogP contribution in [0.5, 0.6) is 0 Å². The average Bonchev–Trinajstić information content (AvgIpc) is 3.08. The molecule has 0 spiro atoms.